The molecule has 0 radical (unpaired) electrons. The van der Waals surface area contributed by atoms with Crippen molar-refractivity contribution in [3.8, 4) is 0 Å². The van der Waals surface area contributed by atoms with E-state index in [0.717, 1.165) is 19.6 Å². The highest BCUT2D eigenvalue weighted by molar-refractivity contribution is 5.85. The number of hydrogen-bond donors (Lipinski definition) is 1. The number of aromatic carboxylic acids is 1. The number of piperidine rings is 1. The van der Waals surface area contributed by atoms with Gasteiger partial charge in [-0.1, -0.05) is 0 Å². The summed E-state index contributed by atoms with van der Waals surface area (Å²) < 4.78 is 0. The van der Waals surface area contributed by atoms with Crippen molar-refractivity contribution in [2.24, 2.45) is 5.92 Å². The van der Waals surface area contributed by atoms with Gasteiger partial charge in [-0.2, -0.15) is 0 Å². The van der Waals surface area contributed by atoms with Crippen molar-refractivity contribution in [2.75, 3.05) is 38.6 Å². The third-order valence-corrected chi connectivity index (χ3v) is 3.77. The second-order valence-electron chi connectivity index (χ2n) is 5.63. The number of hydrogen-bond acceptors (Lipinski definition) is 5. The van der Waals surface area contributed by atoms with Gasteiger partial charge in [-0.15, -0.1) is 0 Å². The number of nitrogens with zero attached hydrogens (tertiary/aromatic N) is 4. The Bertz CT molecular complexity index is 484. The summed E-state index contributed by atoms with van der Waals surface area (Å²) in [4.78, 5) is 23.8. The fraction of sp³-hybridized carbons (Fsp3) is 0.643. The highest BCUT2D eigenvalue weighted by Crippen LogP contribution is 2.19. The molecule has 2 heterocycles. The van der Waals surface area contributed by atoms with Gasteiger partial charge in [-0.3, -0.25) is 0 Å². The summed E-state index contributed by atoms with van der Waals surface area (Å²) in [6, 6.07) is 1.50. The molecule has 1 aliphatic heterocycles. The van der Waals surface area contributed by atoms with Gasteiger partial charge in [0.1, 0.15) is 0 Å². The Balaban J connectivity index is 2.05. The summed E-state index contributed by atoms with van der Waals surface area (Å²) in [6.07, 6.45) is 2.33. The molecule has 1 aliphatic rings. The average molecular weight is 278 g/mol. The van der Waals surface area contributed by atoms with Crippen molar-refractivity contribution < 1.29 is 9.90 Å². The molecular weight excluding hydrogens is 256 g/mol. The van der Waals surface area contributed by atoms with Crippen molar-refractivity contribution >= 4 is 11.9 Å². The Kier molecular flexibility index (Phi) is 4.54. The Morgan fingerprint density at radius 3 is 2.70 bits per heavy atom. The summed E-state index contributed by atoms with van der Waals surface area (Å²) in [5.41, 5.74) is 0.741. The van der Waals surface area contributed by atoms with Crippen molar-refractivity contribution in [3.05, 3.63) is 17.5 Å². The quantitative estimate of drug-likeness (QED) is 0.894. The van der Waals surface area contributed by atoms with E-state index in [1.54, 1.807) is 6.92 Å². The van der Waals surface area contributed by atoms with Gasteiger partial charge in [0, 0.05) is 19.3 Å². The first-order valence-electron chi connectivity index (χ1n) is 6.94. The van der Waals surface area contributed by atoms with Gasteiger partial charge in [0.05, 0.1) is 0 Å². The van der Waals surface area contributed by atoms with Crippen LogP contribution < -0.4 is 4.90 Å². The number of carbonyl (C=O) groups is 1. The van der Waals surface area contributed by atoms with Crippen LogP contribution in [0.4, 0.5) is 5.95 Å². The molecule has 0 saturated carbocycles. The van der Waals surface area contributed by atoms with E-state index >= 15 is 0 Å². The normalized spacial score (nSPS) is 17.1. The molecule has 0 spiro atoms. The van der Waals surface area contributed by atoms with E-state index in [-0.39, 0.29) is 5.69 Å². The summed E-state index contributed by atoms with van der Waals surface area (Å²) in [7, 11) is 4.07. The van der Waals surface area contributed by atoms with Crippen LogP contribution in [0.3, 0.4) is 0 Å². The van der Waals surface area contributed by atoms with Crippen molar-refractivity contribution in [3.63, 3.8) is 0 Å². The second kappa shape index (κ2) is 6.17. The molecule has 0 amide bonds. The predicted octanol–water partition coefficient (Wildman–Crippen LogP) is 1.26. The zero-order chi connectivity index (χ0) is 14.7. The maximum atomic E-state index is 11.0. The lowest BCUT2D eigenvalue weighted by Gasteiger charge is -2.31. The smallest absolute Gasteiger partial charge is 0.354 e. The molecule has 0 aromatic carbocycles. The Morgan fingerprint density at radius 2 is 2.10 bits per heavy atom. The molecule has 0 bridgehead atoms. The van der Waals surface area contributed by atoms with Gasteiger partial charge in [-0.05, 0) is 51.9 Å². The first kappa shape index (κ1) is 14.7. The van der Waals surface area contributed by atoms with E-state index in [0.29, 0.717) is 17.6 Å². The first-order chi connectivity index (χ1) is 9.45. The van der Waals surface area contributed by atoms with Crippen molar-refractivity contribution in [2.45, 2.75) is 19.8 Å². The first-order valence-corrected chi connectivity index (χ1v) is 6.94. The summed E-state index contributed by atoms with van der Waals surface area (Å²) in [6.45, 7) is 4.90. The monoisotopic (exact) mass is 278 g/mol. The number of anilines is 1. The average Bonchev–Trinajstić information content (AvgIpc) is 2.40. The number of aryl methyl sites for hydroxylation is 1. The van der Waals surface area contributed by atoms with Crippen LogP contribution in [0, 0.1) is 12.8 Å². The lowest BCUT2D eigenvalue weighted by Crippen LogP contribution is -2.36. The van der Waals surface area contributed by atoms with Gasteiger partial charge in [-0.25, -0.2) is 14.8 Å². The van der Waals surface area contributed by atoms with E-state index in [2.05, 4.69) is 21.9 Å². The van der Waals surface area contributed by atoms with E-state index < -0.39 is 5.97 Å². The van der Waals surface area contributed by atoms with Crippen LogP contribution in [0.15, 0.2) is 6.07 Å². The van der Waals surface area contributed by atoms with Gasteiger partial charge in [0.15, 0.2) is 5.69 Å². The molecule has 6 heteroatoms. The molecule has 20 heavy (non-hydrogen) atoms. The predicted molar refractivity (Wildman–Crippen MR) is 77.2 cm³/mol. The molecule has 1 fully saturated rings. The third kappa shape index (κ3) is 3.66. The van der Waals surface area contributed by atoms with Crippen molar-refractivity contribution in [1.82, 2.24) is 14.9 Å². The van der Waals surface area contributed by atoms with E-state index in [1.807, 2.05) is 11.9 Å². The minimum Gasteiger partial charge on any atom is -0.477 e. The molecule has 2 rings (SSSR count). The van der Waals surface area contributed by atoms with Crippen LogP contribution >= 0.6 is 0 Å². The van der Waals surface area contributed by atoms with Crippen LogP contribution in [0.1, 0.15) is 29.0 Å². The van der Waals surface area contributed by atoms with E-state index in [1.165, 1.54) is 18.9 Å². The Labute approximate surface area is 119 Å². The fourth-order valence-corrected chi connectivity index (χ4v) is 2.55. The van der Waals surface area contributed by atoms with Crippen LogP contribution in [0.2, 0.25) is 0 Å². The van der Waals surface area contributed by atoms with Gasteiger partial charge in [0.25, 0.3) is 0 Å². The Hall–Kier alpha value is -1.69. The standard InChI is InChI=1S/C14H22N4O2/c1-10-8-12(13(19)20)16-14(15-10)18(3)9-11-4-6-17(2)7-5-11/h8,11H,4-7,9H2,1-3H3,(H,19,20). The molecule has 1 saturated heterocycles. The maximum Gasteiger partial charge on any atom is 0.354 e. The summed E-state index contributed by atoms with van der Waals surface area (Å²) in [5, 5.41) is 9.05. The van der Waals surface area contributed by atoms with E-state index in [9.17, 15) is 4.79 Å². The topological polar surface area (TPSA) is 69.6 Å². The number of rotatable bonds is 4. The summed E-state index contributed by atoms with van der Waals surface area (Å²) in [5.74, 6) is 0.111. The van der Waals surface area contributed by atoms with E-state index in [4.69, 9.17) is 5.11 Å². The largest absolute Gasteiger partial charge is 0.477 e. The number of carboxylic acid groups (broad SMARTS) is 1. The number of likely N-dealkylation sites (tertiary alicyclic amines) is 1. The van der Waals surface area contributed by atoms with Crippen LogP contribution in [-0.4, -0.2) is 59.7 Å². The Morgan fingerprint density at radius 1 is 1.45 bits per heavy atom. The molecular formula is C14H22N4O2. The molecule has 110 valence electrons. The number of carboxylic acids is 1. The van der Waals surface area contributed by atoms with Gasteiger partial charge < -0.3 is 14.9 Å². The van der Waals surface area contributed by atoms with Gasteiger partial charge >= 0.3 is 5.97 Å². The molecule has 0 unspecified atom stereocenters. The van der Waals surface area contributed by atoms with Crippen LogP contribution in [0.5, 0.6) is 0 Å². The third-order valence-electron chi connectivity index (χ3n) is 3.77. The van der Waals surface area contributed by atoms with Crippen molar-refractivity contribution in [1.29, 1.82) is 0 Å². The van der Waals surface area contributed by atoms with Crippen LogP contribution in [-0.2, 0) is 0 Å². The van der Waals surface area contributed by atoms with Crippen LogP contribution in [0.25, 0.3) is 0 Å². The molecule has 1 aromatic heterocycles. The lowest BCUT2D eigenvalue weighted by molar-refractivity contribution is 0.0690. The molecule has 1 N–H and O–H groups in total. The second-order valence-corrected chi connectivity index (χ2v) is 5.63. The zero-order valence-corrected chi connectivity index (χ0v) is 12.3. The van der Waals surface area contributed by atoms with Gasteiger partial charge in [0.2, 0.25) is 5.95 Å². The summed E-state index contributed by atoms with van der Waals surface area (Å²) >= 11 is 0. The SMILES string of the molecule is Cc1cc(C(=O)O)nc(N(C)CC2CCN(C)CC2)n1. The maximum absolute atomic E-state index is 11.0. The molecule has 1 aromatic rings. The lowest BCUT2D eigenvalue weighted by atomic mass is 9.97. The highest BCUT2D eigenvalue weighted by atomic mass is 16.4. The molecule has 0 aliphatic carbocycles. The zero-order valence-electron chi connectivity index (χ0n) is 12.3. The molecule has 6 nitrogen and oxygen atoms in total. The minimum atomic E-state index is -1.01. The minimum absolute atomic E-state index is 0.0581. The fourth-order valence-electron chi connectivity index (χ4n) is 2.55. The number of aromatic nitrogens is 2. The molecule has 0 atom stereocenters. The highest BCUT2D eigenvalue weighted by Gasteiger charge is 2.20.